The van der Waals surface area contributed by atoms with Crippen molar-refractivity contribution in [3.05, 3.63) is 24.2 Å². The van der Waals surface area contributed by atoms with Crippen molar-refractivity contribution in [3.63, 3.8) is 0 Å². The van der Waals surface area contributed by atoms with E-state index in [-0.39, 0.29) is 6.04 Å². The molecule has 1 unspecified atom stereocenters. The zero-order chi connectivity index (χ0) is 7.40. The average Bonchev–Trinajstić information content (AvgIpc) is 2.38. The van der Waals surface area contributed by atoms with E-state index in [1.807, 2.05) is 6.07 Å². The van der Waals surface area contributed by atoms with E-state index in [0.29, 0.717) is 6.61 Å². The summed E-state index contributed by atoms with van der Waals surface area (Å²) in [7, 11) is 1.62. The molecule has 0 spiro atoms. The molecule has 1 rings (SSSR count). The van der Waals surface area contributed by atoms with Gasteiger partial charge in [0.1, 0.15) is 0 Å². The van der Waals surface area contributed by atoms with Crippen LogP contribution in [0.1, 0.15) is 11.6 Å². The lowest BCUT2D eigenvalue weighted by atomic mass is 10.2. The van der Waals surface area contributed by atoms with Gasteiger partial charge in [-0.1, -0.05) is 0 Å². The van der Waals surface area contributed by atoms with Gasteiger partial charge in [0, 0.05) is 12.7 Å². The molecule has 0 aliphatic heterocycles. The lowest BCUT2D eigenvalue weighted by Crippen LogP contribution is -2.14. The summed E-state index contributed by atoms with van der Waals surface area (Å²) in [6.45, 7) is 0.527. The maximum atomic E-state index is 5.66. The van der Waals surface area contributed by atoms with Gasteiger partial charge in [-0.15, -0.1) is 0 Å². The minimum Gasteiger partial charge on any atom is -0.472 e. The second kappa shape index (κ2) is 3.39. The first-order chi connectivity index (χ1) is 4.84. The molecule has 0 aromatic carbocycles. The molecule has 0 saturated heterocycles. The third-order valence-electron chi connectivity index (χ3n) is 1.32. The van der Waals surface area contributed by atoms with Crippen LogP contribution in [0.15, 0.2) is 23.0 Å². The fourth-order valence-corrected chi connectivity index (χ4v) is 0.762. The van der Waals surface area contributed by atoms with Crippen molar-refractivity contribution in [1.82, 2.24) is 0 Å². The zero-order valence-corrected chi connectivity index (χ0v) is 5.91. The number of furan rings is 1. The second-order valence-corrected chi connectivity index (χ2v) is 2.12. The Morgan fingerprint density at radius 2 is 2.60 bits per heavy atom. The molecule has 3 heteroatoms. The molecule has 0 fully saturated rings. The summed E-state index contributed by atoms with van der Waals surface area (Å²) >= 11 is 0. The Kier molecular flexibility index (Phi) is 2.48. The van der Waals surface area contributed by atoms with Gasteiger partial charge in [0.05, 0.1) is 25.2 Å². The summed E-state index contributed by atoms with van der Waals surface area (Å²) in [5.74, 6) is 0. The Bertz CT molecular complexity index is 172. The zero-order valence-electron chi connectivity index (χ0n) is 5.91. The highest BCUT2D eigenvalue weighted by Crippen LogP contribution is 2.09. The van der Waals surface area contributed by atoms with Gasteiger partial charge in [-0.3, -0.25) is 0 Å². The third-order valence-corrected chi connectivity index (χ3v) is 1.32. The lowest BCUT2D eigenvalue weighted by molar-refractivity contribution is 0.180. The van der Waals surface area contributed by atoms with Crippen LogP contribution in [0.2, 0.25) is 0 Å². The van der Waals surface area contributed by atoms with Gasteiger partial charge in [0.15, 0.2) is 0 Å². The van der Waals surface area contributed by atoms with Gasteiger partial charge in [0.2, 0.25) is 0 Å². The summed E-state index contributed by atoms with van der Waals surface area (Å²) in [6.07, 6.45) is 3.23. The Hall–Kier alpha value is -0.800. The van der Waals surface area contributed by atoms with Crippen molar-refractivity contribution in [1.29, 1.82) is 0 Å². The number of methoxy groups -OCH3 is 1. The highest BCUT2D eigenvalue weighted by molar-refractivity contribution is 5.10. The molecule has 1 atom stereocenters. The topological polar surface area (TPSA) is 48.4 Å². The van der Waals surface area contributed by atoms with Crippen LogP contribution >= 0.6 is 0 Å². The molecule has 1 aromatic heterocycles. The molecule has 2 N–H and O–H groups in total. The number of rotatable bonds is 3. The standard InChI is InChI=1S/C7H11NO2/c1-9-5-7(8)6-2-3-10-4-6/h2-4,7H,5,8H2,1H3. The molecule has 0 aliphatic carbocycles. The maximum absolute atomic E-state index is 5.66. The Balaban J connectivity index is 2.50. The molecular formula is C7H11NO2. The Labute approximate surface area is 59.8 Å². The lowest BCUT2D eigenvalue weighted by Gasteiger charge is -2.05. The molecule has 0 bridgehead atoms. The molecule has 10 heavy (non-hydrogen) atoms. The van der Waals surface area contributed by atoms with E-state index in [4.69, 9.17) is 14.9 Å². The van der Waals surface area contributed by atoms with Crippen molar-refractivity contribution < 1.29 is 9.15 Å². The summed E-state index contributed by atoms with van der Waals surface area (Å²) in [6, 6.07) is 1.77. The molecular weight excluding hydrogens is 130 g/mol. The van der Waals surface area contributed by atoms with Gasteiger partial charge < -0.3 is 14.9 Å². The number of hydrogen-bond donors (Lipinski definition) is 1. The van der Waals surface area contributed by atoms with Crippen LogP contribution in [-0.4, -0.2) is 13.7 Å². The highest BCUT2D eigenvalue weighted by Gasteiger charge is 2.04. The van der Waals surface area contributed by atoms with Gasteiger partial charge in [-0.2, -0.15) is 0 Å². The Morgan fingerprint density at radius 1 is 1.80 bits per heavy atom. The van der Waals surface area contributed by atoms with Crippen molar-refractivity contribution in [2.45, 2.75) is 6.04 Å². The van der Waals surface area contributed by atoms with Gasteiger partial charge >= 0.3 is 0 Å². The second-order valence-electron chi connectivity index (χ2n) is 2.12. The smallest absolute Gasteiger partial charge is 0.0951 e. The van der Waals surface area contributed by atoms with Crippen LogP contribution in [0.5, 0.6) is 0 Å². The third kappa shape index (κ3) is 1.59. The SMILES string of the molecule is COCC(N)c1ccoc1. The quantitative estimate of drug-likeness (QED) is 0.681. The van der Waals surface area contributed by atoms with E-state index >= 15 is 0 Å². The van der Waals surface area contributed by atoms with Gasteiger partial charge in [0.25, 0.3) is 0 Å². The van der Waals surface area contributed by atoms with Crippen LogP contribution in [0, 0.1) is 0 Å². The molecule has 1 heterocycles. The monoisotopic (exact) mass is 141 g/mol. The van der Waals surface area contributed by atoms with Crippen molar-refractivity contribution in [2.24, 2.45) is 5.73 Å². The molecule has 3 nitrogen and oxygen atoms in total. The van der Waals surface area contributed by atoms with Crippen molar-refractivity contribution in [2.75, 3.05) is 13.7 Å². The Morgan fingerprint density at radius 3 is 3.10 bits per heavy atom. The van der Waals surface area contributed by atoms with Gasteiger partial charge in [-0.05, 0) is 6.07 Å². The average molecular weight is 141 g/mol. The molecule has 1 aromatic rings. The first-order valence-electron chi connectivity index (χ1n) is 3.11. The molecule has 0 saturated carbocycles. The summed E-state index contributed by atoms with van der Waals surface area (Å²) in [5.41, 5.74) is 6.64. The van der Waals surface area contributed by atoms with E-state index in [1.54, 1.807) is 19.6 Å². The van der Waals surface area contributed by atoms with Crippen LogP contribution in [0.25, 0.3) is 0 Å². The molecule has 0 radical (unpaired) electrons. The predicted octanol–water partition coefficient (Wildman–Crippen LogP) is 0.926. The van der Waals surface area contributed by atoms with E-state index in [0.717, 1.165) is 5.56 Å². The fourth-order valence-electron chi connectivity index (χ4n) is 0.762. The first kappa shape index (κ1) is 7.31. The van der Waals surface area contributed by atoms with Crippen LogP contribution in [0.4, 0.5) is 0 Å². The molecule has 56 valence electrons. The highest BCUT2D eigenvalue weighted by atomic mass is 16.5. The van der Waals surface area contributed by atoms with Crippen molar-refractivity contribution in [3.8, 4) is 0 Å². The van der Waals surface area contributed by atoms with Crippen LogP contribution in [-0.2, 0) is 4.74 Å². The molecule has 0 aliphatic rings. The van der Waals surface area contributed by atoms with E-state index in [9.17, 15) is 0 Å². The number of ether oxygens (including phenoxy) is 1. The van der Waals surface area contributed by atoms with E-state index in [2.05, 4.69) is 0 Å². The largest absolute Gasteiger partial charge is 0.472 e. The van der Waals surface area contributed by atoms with E-state index < -0.39 is 0 Å². The maximum Gasteiger partial charge on any atom is 0.0951 e. The van der Waals surface area contributed by atoms with Crippen molar-refractivity contribution >= 4 is 0 Å². The number of nitrogens with two attached hydrogens (primary N) is 1. The molecule has 0 amide bonds. The summed E-state index contributed by atoms with van der Waals surface area (Å²) in [5, 5.41) is 0. The first-order valence-corrected chi connectivity index (χ1v) is 3.11. The predicted molar refractivity (Wildman–Crippen MR) is 37.5 cm³/mol. The van der Waals surface area contributed by atoms with Crippen LogP contribution < -0.4 is 5.73 Å². The fraction of sp³-hybridized carbons (Fsp3) is 0.429. The van der Waals surface area contributed by atoms with E-state index in [1.165, 1.54) is 0 Å². The minimum atomic E-state index is -0.0660. The minimum absolute atomic E-state index is 0.0660. The normalized spacial score (nSPS) is 13.4. The number of hydrogen-bond acceptors (Lipinski definition) is 3. The summed E-state index contributed by atoms with van der Waals surface area (Å²) in [4.78, 5) is 0. The summed E-state index contributed by atoms with van der Waals surface area (Å²) < 4.78 is 9.71. The van der Waals surface area contributed by atoms with Crippen LogP contribution in [0.3, 0.4) is 0 Å². The van der Waals surface area contributed by atoms with Gasteiger partial charge in [-0.25, -0.2) is 0 Å².